The second-order valence-corrected chi connectivity index (χ2v) is 4.87. The summed E-state index contributed by atoms with van der Waals surface area (Å²) in [4.78, 5) is 2.57. The molecule has 1 saturated heterocycles. The fourth-order valence-electron chi connectivity index (χ4n) is 2.80. The highest BCUT2D eigenvalue weighted by Crippen LogP contribution is 2.29. The van der Waals surface area contributed by atoms with E-state index in [9.17, 15) is 0 Å². The quantitative estimate of drug-likeness (QED) is 0.699. The molecular formula is C11H22N2. The van der Waals surface area contributed by atoms with Gasteiger partial charge in [0.05, 0.1) is 0 Å². The van der Waals surface area contributed by atoms with Crippen molar-refractivity contribution in [3.63, 3.8) is 0 Å². The molecule has 0 aromatic heterocycles. The molecule has 1 aliphatic heterocycles. The van der Waals surface area contributed by atoms with Gasteiger partial charge in [0.2, 0.25) is 0 Å². The zero-order valence-electron chi connectivity index (χ0n) is 8.76. The molecule has 2 atom stereocenters. The highest BCUT2D eigenvalue weighted by molar-refractivity contribution is 4.75. The van der Waals surface area contributed by atoms with E-state index in [0.717, 1.165) is 18.5 Å². The Kier molecular flexibility index (Phi) is 3.23. The highest BCUT2D eigenvalue weighted by atomic mass is 15.3. The van der Waals surface area contributed by atoms with Crippen LogP contribution in [0.3, 0.4) is 0 Å². The number of rotatable bonds is 2. The third-order valence-corrected chi connectivity index (χ3v) is 3.50. The molecule has 13 heavy (non-hydrogen) atoms. The summed E-state index contributed by atoms with van der Waals surface area (Å²) in [7, 11) is 0. The van der Waals surface area contributed by atoms with E-state index in [-0.39, 0.29) is 0 Å². The van der Waals surface area contributed by atoms with Gasteiger partial charge in [-0.15, -0.1) is 0 Å². The fraction of sp³-hybridized carbons (Fsp3) is 1.00. The predicted molar refractivity (Wildman–Crippen MR) is 55.6 cm³/mol. The van der Waals surface area contributed by atoms with Crippen molar-refractivity contribution in [2.24, 2.45) is 11.8 Å². The average molecular weight is 182 g/mol. The molecule has 0 bridgehead atoms. The van der Waals surface area contributed by atoms with Crippen LogP contribution in [0.15, 0.2) is 0 Å². The minimum atomic E-state index is 0.981. The summed E-state index contributed by atoms with van der Waals surface area (Å²) in [5, 5.41) is 3.40. The van der Waals surface area contributed by atoms with Crippen LogP contribution in [0.25, 0.3) is 0 Å². The first-order valence-corrected chi connectivity index (χ1v) is 5.77. The van der Waals surface area contributed by atoms with Gasteiger partial charge in [-0.1, -0.05) is 19.8 Å². The van der Waals surface area contributed by atoms with Gasteiger partial charge in [-0.05, 0) is 24.7 Å². The topological polar surface area (TPSA) is 15.3 Å². The van der Waals surface area contributed by atoms with Crippen molar-refractivity contribution < 1.29 is 0 Å². The van der Waals surface area contributed by atoms with Crippen molar-refractivity contribution in [1.29, 1.82) is 0 Å². The van der Waals surface area contributed by atoms with E-state index in [1.54, 1.807) is 0 Å². The molecule has 0 radical (unpaired) electrons. The van der Waals surface area contributed by atoms with E-state index in [1.807, 2.05) is 0 Å². The van der Waals surface area contributed by atoms with E-state index in [2.05, 4.69) is 17.1 Å². The number of hydrogen-bond donors (Lipinski definition) is 1. The van der Waals surface area contributed by atoms with Gasteiger partial charge < -0.3 is 5.32 Å². The van der Waals surface area contributed by atoms with Crippen molar-refractivity contribution in [2.75, 3.05) is 26.3 Å². The second kappa shape index (κ2) is 4.43. The number of hydrogen-bond acceptors (Lipinski definition) is 2. The Bertz CT molecular complexity index is 152. The van der Waals surface area contributed by atoms with Crippen molar-refractivity contribution >= 4 is 0 Å². The molecule has 2 aliphatic rings. The van der Waals surface area contributed by atoms with Gasteiger partial charge in [0, 0.05) is 26.3 Å². The van der Waals surface area contributed by atoms with Crippen LogP contribution in [0.5, 0.6) is 0 Å². The van der Waals surface area contributed by atoms with Crippen LogP contribution in [0.1, 0.15) is 32.6 Å². The van der Waals surface area contributed by atoms with Crippen molar-refractivity contribution in [1.82, 2.24) is 10.2 Å². The maximum absolute atomic E-state index is 3.40. The standard InChI is InChI=1S/C11H22N2/c1-10-3-2-4-11(7-10)8-13-6-5-12-9-13/h10-12H,2-9H2,1H3. The van der Waals surface area contributed by atoms with Gasteiger partial charge in [0.25, 0.3) is 0 Å². The molecule has 0 aromatic carbocycles. The lowest BCUT2D eigenvalue weighted by atomic mass is 9.82. The molecule has 1 aliphatic carbocycles. The summed E-state index contributed by atoms with van der Waals surface area (Å²) >= 11 is 0. The van der Waals surface area contributed by atoms with E-state index >= 15 is 0 Å². The Morgan fingerprint density at radius 2 is 2.31 bits per heavy atom. The summed E-state index contributed by atoms with van der Waals surface area (Å²) in [6.45, 7) is 7.35. The Labute approximate surface area is 81.7 Å². The lowest BCUT2D eigenvalue weighted by Crippen LogP contribution is -2.30. The zero-order chi connectivity index (χ0) is 9.10. The van der Waals surface area contributed by atoms with E-state index < -0.39 is 0 Å². The lowest BCUT2D eigenvalue weighted by molar-refractivity contribution is 0.202. The van der Waals surface area contributed by atoms with Crippen LogP contribution in [-0.2, 0) is 0 Å². The normalized spacial score (nSPS) is 36.7. The third kappa shape index (κ3) is 2.68. The summed E-state index contributed by atoms with van der Waals surface area (Å²) in [5.41, 5.74) is 0. The first-order chi connectivity index (χ1) is 6.34. The lowest BCUT2D eigenvalue weighted by Gasteiger charge is -2.29. The summed E-state index contributed by atoms with van der Waals surface area (Å²) in [6.07, 6.45) is 5.87. The fourth-order valence-corrected chi connectivity index (χ4v) is 2.80. The van der Waals surface area contributed by atoms with Crippen LogP contribution in [-0.4, -0.2) is 31.2 Å². The minimum Gasteiger partial charge on any atom is -0.303 e. The molecule has 2 heteroatoms. The van der Waals surface area contributed by atoms with Gasteiger partial charge in [0.15, 0.2) is 0 Å². The van der Waals surface area contributed by atoms with Crippen LogP contribution < -0.4 is 5.32 Å². The van der Waals surface area contributed by atoms with Crippen LogP contribution in [0, 0.1) is 11.8 Å². The largest absolute Gasteiger partial charge is 0.303 e. The summed E-state index contributed by atoms with van der Waals surface area (Å²) in [5.74, 6) is 1.97. The molecule has 0 aromatic rings. The molecule has 1 heterocycles. The molecule has 2 rings (SSSR count). The van der Waals surface area contributed by atoms with Gasteiger partial charge in [0.1, 0.15) is 0 Å². The van der Waals surface area contributed by atoms with E-state index in [0.29, 0.717) is 0 Å². The molecular weight excluding hydrogens is 160 g/mol. The summed E-state index contributed by atoms with van der Waals surface area (Å²) < 4.78 is 0. The van der Waals surface area contributed by atoms with E-state index in [1.165, 1.54) is 45.3 Å². The SMILES string of the molecule is CC1CCCC(CN2CCNC2)C1. The van der Waals surface area contributed by atoms with Crippen LogP contribution >= 0.6 is 0 Å². The molecule has 76 valence electrons. The van der Waals surface area contributed by atoms with Crippen molar-refractivity contribution in [2.45, 2.75) is 32.6 Å². The Morgan fingerprint density at radius 1 is 1.38 bits per heavy atom. The minimum absolute atomic E-state index is 0.981. The second-order valence-electron chi connectivity index (χ2n) is 4.87. The highest BCUT2D eigenvalue weighted by Gasteiger charge is 2.22. The van der Waals surface area contributed by atoms with Gasteiger partial charge in [-0.25, -0.2) is 0 Å². The smallest absolute Gasteiger partial charge is 0.0481 e. The molecule has 1 saturated carbocycles. The Hall–Kier alpha value is -0.0800. The maximum Gasteiger partial charge on any atom is 0.0481 e. The Balaban J connectivity index is 1.73. The average Bonchev–Trinajstić information content (AvgIpc) is 2.57. The molecule has 2 fully saturated rings. The molecule has 2 nitrogen and oxygen atoms in total. The first kappa shape index (κ1) is 9.47. The van der Waals surface area contributed by atoms with Gasteiger partial charge in [-0.2, -0.15) is 0 Å². The predicted octanol–water partition coefficient (Wildman–Crippen LogP) is 1.68. The Morgan fingerprint density at radius 3 is 3.00 bits per heavy atom. The molecule has 0 spiro atoms. The van der Waals surface area contributed by atoms with Crippen LogP contribution in [0.2, 0.25) is 0 Å². The first-order valence-electron chi connectivity index (χ1n) is 5.77. The maximum atomic E-state index is 3.40. The zero-order valence-corrected chi connectivity index (χ0v) is 8.76. The number of nitrogens with zero attached hydrogens (tertiary/aromatic N) is 1. The third-order valence-electron chi connectivity index (χ3n) is 3.50. The molecule has 1 N–H and O–H groups in total. The van der Waals surface area contributed by atoms with Crippen molar-refractivity contribution in [3.8, 4) is 0 Å². The monoisotopic (exact) mass is 182 g/mol. The van der Waals surface area contributed by atoms with Crippen LogP contribution in [0.4, 0.5) is 0 Å². The molecule has 2 unspecified atom stereocenters. The summed E-state index contributed by atoms with van der Waals surface area (Å²) in [6, 6.07) is 0. The number of nitrogens with one attached hydrogen (secondary N) is 1. The van der Waals surface area contributed by atoms with Gasteiger partial charge in [-0.3, -0.25) is 4.90 Å². The van der Waals surface area contributed by atoms with Gasteiger partial charge >= 0.3 is 0 Å². The van der Waals surface area contributed by atoms with Crippen molar-refractivity contribution in [3.05, 3.63) is 0 Å². The molecule has 0 amide bonds. The van der Waals surface area contributed by atoms with E-state index in [4.69, 9.17) is 0 Å².